The predicted molar refractivity (Wildman–Crippen MR) is 166 cm³/mol. The van der Waals surface area contributed by atoms with E-state index in [9.17, 15) is 4.79 Å². The Kier molecular flexibility index (Phi) is 10.8. The number of anilines is 1. The van der Waals surface area contributed by atoms with Crippen LogP contribution < -0.4 is 10.6 Å². The predicted octanol–water partition coefficient (Wildman–Crippen LogP) is 7.04. The Morgan fingerprint density at radius 3 is 2.67 bits per heavy atom. The fourth-order valence-electron chi connectivity index (χ4n) is 6.77. The lowest BCUT2D eigenvalue weighted by molar-refractivity contribution is -0.139. The van der Waals surface area contributed by atoms with Crippen LogP contribution in [-0.2, 0) is 4.79 Å². The van der Waals surface area contributed by atoms with Crippen LogP contribution in [0.15, 0.2) is 12.3 Å². The summed E-state index contributed by atoms with van der Waals surface area (Å²) >= 11 is 6.75. The molecule has 2 aromatic heterocycles. The molecule has 0 aromatic carbocycles. The van der Waals surface area contributed by atoms with Crippen LogP contribution in [0.2, 0.25) is 0 Å². The largest absolute Gasteiger partial charge is 0.355 e. The summed E-state index contributed by atoms with van der Waals surface area (Å²) in [6, 6.07) is 2.31. The molecule has 224 valence electrons. The summed E-state index contributed by atoms with van der Waals surface area (Å²) in [5, 5.41) is 5.11. The minimum absolute atomic E-state index is 0.00570. The summed E-state index contributed by atoms with van der Waals surface area (Å²) < 4.78 is 1.88. The van der Waals surface area contributed by atoms with Crippen LogP contribution in [0.1, 0.15) is 122 Å². The van der Waals surface area contributed by atoms with Gasteiger partial charge in [0.2, 0.25) is 5.91 Å². The standard InChI is InChI=1S/C32H53ClN6O/c1-6-16-32(5,7-2)17-14-25(33)12-10-11-23(3)31(40)38-18-9-8-13-28(38)27-20-29-35-30(24(4)21-39(29)36-27)37-19-15-26(34)22-37/h20-21,23,25-26,28H,6-19,22,34H2,1-5H3. The number of carbonyl (C=O) groups excluding carboxylic acids is 1. The van der Waals surface area contributed by atoms with Gasteiger partial charge in [-0.3, -0.25) is 4.79 Å². The molecular weight excluding hydrogens is 520 g/mol. The number of aromatic nitrogens is 3. The highest BCUT2D eigenvalue weighted by atomic mass is 35.5. The first-order valence-electron chi connectivity index (χ1n) is 16.0. The van der Waals surface area contributed by atoms with Crippen LogP contribution in [0.25, 0.3) is 5.65 Å². The lowest BCUT2D eigenvalue weighted by atomic mass is 9.78. The normalized spacial score (nSPS) is 23.0. The highest BCUT2D eigenvalue weighted by Crippen LogP contribution is 2.36. The van der Waals surface area contributed by atoms with Gasteiger partial charge >= 0.3 is 0 Å². The number of halogens is 1. The second-order valence-corrected chi connectivity index (χ2v) is 13.7. The molecule has 8 heteroatoms. The van der Waals surface area contributed by atoms with Crippen LogP contribution in [0, 0.1) is 18.3 Å². The maximum atomic E-state index is 13.7. The molecule has 0 radical (unpaired) electrons. The van der Waals surface area contributed by atoms with E-state index in [0.29, 0.717) is 5.41 Å². The van der Waals surface area contributed by atoms with Gasteiger partial charge in [-0.2, -0.15) is 5.10 Å². The zero-order valence-electron chi connectivity index (χ0n) is 25.7. The number of hydrogen-bond acceptors (Lipinski definition) is 5. The van der Waals surface area contributed by atoms with E-state index >= 15 is 0 Å². The van der Waals surface area contributed by atoms with Gasteiger partial charge in [-0.1, -0.05) is 47.0 Å². The SMILES string of the molecule is CCCC(C)(CC)CCC(Cl)CCCC(C)C(=O)N1CCCCC1c1cc2nc(N3CCC(N)C3)c(C)cn2n1. The van der Waals surface area contributed by atoms with Crippen molar-refractivity contribution in [2.24, 2.45) is 17.1 Å². The molecule has 40 heavy (non-hydrogen) atoms. The first-order valence-corrected chi connectivity index (χ1v) is 16.4. The van der Waals surface area contributed by atoms with Crippen molar-refractivity contribution in [2.75, 3.05) is 24.5 Å². The molecule has 1 amide bonds. The molecule has 2 aliphatic rings. The number of nitrogens with two attached hydrogens (primary N) is 1. The number of piperidine rings is 1. The summed E-state index contributed by atoms with van der Waals surface area (Å²) in [5.74, 6) is 1.25. The van der Waals surface area contributed by atoms with E-state index in [-0.39, 0.29) is 29.3 Å². The lowest BCUT2D eigenvalue weighted by Crippen LogP contribution is -2.41. The third-order valence-electron chi connectivity index (χ3n) is 9.62. The maximum absolute atomic E-state index is 13.7. The summed E-state index contributed by atoms with van der Waals surface area (Å²) in [4.78, 5) is 23.0. The number of alkyl halides is 1. The maximum Gasteiger partial charge on any atom is 0.225 e. The van der Waals surface area contributed by atoms with Gasteiger partial charge in [0, 0.05) is 54.8 Å². The highest BCUT2D eigenvalue weighted by molar-refractivity contribution is 6.20. The van der Waals surface area contributed by atoms with Crippen LogP contribution >= 0.6 is 11.6 Å². The lowest BCUT2D eigenvalue weighted by Gasteiger charge is -2.36. The molecule has 7 nitrogen and oxygen atoms in total. The highest BCUT2D eigenvalue weighted by Gasteiger charge is 2.33. The van der Waals surface area contributed by atoms with Crippen LogP contribution in [0.3, 0.4) is 0 Å². The number of amides is 1. The minimum atomic E-state index is -0.00570. The molecule has 4 rings (SSSR count). The van der Waals surface area contributed by atoms with E-state index in [2.05, 4.69) is 56.7 Å². The summed E-state index contributed by atoms with van der Waals surface area (Å²) in [5.41, 5.74) is 9.45. The molecule has 2 N–H and O–H groups in total. The molecule has 2 fully saturated rings. The molecule has 5 unspecified atom stereocenters. The summed E-state index contributed by atoms with van der Waals surface area (Å²) in [6.45, 7) is 13.7. The fraction of sp³-hybridized carbons (Fsp3) is 0.781. The van der Waals surface area contributed by atoms with Gasteiger partial charge in [-0.15, -0.1) is 11.6 Å². The summed E-state index contributed by atoms with van der Waals surface area (Å²) in [6.07, 6.45) is 15.0. The van der Waals surface area contributed by atoms with E-state index < -0.39 is 0 Å². The van der Waals surface area contributed by atoms with Crippen molar-refractivity contribution in [2.45, 2.75) is 129 Å². The fourth-order valence-corrected chi connectivity index (χ4v) is 7.03. The zero-order chi connectivity index (χ0) is 28.9. The molecule has 2 saturated heterocycles. The summed E-state index contributed by atoms with van der Waals surface area (Å²) in [7, 11) is 0. The second kappa shape index (κ2) is 13.9. The smallest absolute Gasteiger partial charge is 0.225 e. The molecule has 4 heterocycles. The Hall–Kier alpha value is -1.86. The number of nitrogens with zero attached hydrogens (tertiary/aromatic N) is 5. The Balaban J connectivity index is 1.35. The third-order valence-corrected chi connectivity index (χ3v) is 10.1. The van der Waals surface area contributed by atoms with Crippen LogP contribution in [0.5, 0.6) is 0 Å². The number of hydrogen-bond donors (Lipinski definition) is 1. The average Bonchev–Trinajstić information content (AvgIpc) is 3.56. The van der Waals surface area contributed by atoms with Crippen molar-refractivity contribution in [3.8, 4) is 0 Å². The molecule has 0 aliphatic carbocycles. The van der Waals surface area contributed by atoms with E-state index in [1.807, 2.05) is 4.52 Å². The minimum Gasteiger partial charge on any atom is -0.355 e. The van der Waals surface area contributed by atoms with Crippen molar-refractivity contribution in [3.05, 3.63) is 23.5 Å². The second-order valence-electron chi connectivity index (χ2n) is 13.0. The Morgan fingerprint density at radius 2 is 1.98 bits per heavy atom. The molecule has 0 bridgehead atoms. The molecule has 2 aromatic rings. The van der Waals surface area contributed by atoms with Crippen LogP contribution in [0.4, 0.5) is 5.82 Å². The van der Waals surface area contributed by atoms with Crippen molar-refractivity contribution >= 4 is 29.0 Å². The van der Waals surface area contributed by atoms with Crippen molar-refractivity contribution < 1.29 is 4.79 Å². The third kappa shape index (κ3) is 7.50. The monoisotopic (exact) mass is 572 g/mol. The number of fused-ring (bicyclic) bond motifs is 1. The van der Waals surface area contributed by atoms with Gasteiger partial charge < -0.3 is 15.5 Å². The molecule has 0 saturated carbocycles. The number of likely N-dealkylation sites (tertiary alicyclic amines) is 1. The van der Waals surface area contributed by atoms with E-state index in [1.165, 1.54) is 25.7 Å². The van der Waals surface area contributed by atoms with Crippen molar-refractivity contribution in [1.82, 2.24) is 19.5 Å². The molecule has 2 aliphatic heterocycles. The number of aryl methyl sites for hydroxylation is 1. The van der Waals surface area contributed by atoms with Crippen molar-refractivity contribution in [3.63, 3.8) is 0 Å². The van der Waals surface area contributed by atoms with Gasteiger partial charge in [0.1, 0.15) is 5.82 Å². The number of rotatable bonds is 13. The zero-order valence-corrected chi connectivity index (χ0v) is 26.4. The van der Waals surface area contributed by atoms with Gasteiger partial charge in [0.15, 0.2) is 5.65 Å². The molecule has 5 atom stereocenters. The van der Waals surface area contributed by atoms with Gasteiger partial charge in [0.25, 0.3) is 0 Å². The van der Waals surface area contributed by atoms with Gasteiger partial charge in [-0.25, -0.2) is 9.50 Å². The first kappa shape index (κ1) is 31.1. The van der Waals surface area contributed by atoms with E-state index in [4.69, 9.17) is 27.4 Å². The van der Waals surface area contributed by atoms with Gasteiger partial charge in [0.05, 0.1) is 11.7 Å². The Bertz CT molecular complexity index is 1120. The van der Waals surface area contributed by atoms with Gasteiger partial charge in [-0.05, 0) is 70.1 Å². The first-order chi connectivity index (χ1) is 19.1. The van der Waals surface area contributed by atoms with Crippen LogP contribution in [-0.4, -0.2) is 56.5 Å². The quantitative estimate of drug-likeness (QED) is 0.260. The van der Waals surface area contributed by atoms with E-state index in [0.717, 1.165) is 93.7 Å². The molecular formula is C32H53ClN6O. The van der Waals surface area contributed by atoms with Crippen molar-refractivity contribution in [1.29, 1.82) is 0 Å². The van der Waals surface area contributed by atoms with E-state index in [1.54, 1.807) is 0 Å². The Morgan fingerprint density at radius 1 is 1.18 bits per heavy atom. The topological polar surface area (TPSA) is 79.8 Å². The average molecular weight is 573 g/mol. The number of carbonyl (C=O) groups is 1. The Labute approximate surface area is 247 Å². The molecule has 0 spiro atoms.